The number of benzene rings is 2. The van der Waals surface area contributed by atoms with Crippen LogP contribution in [-0.2, 0) is 5.41 Å². The van der Waals surface area contributed by atoms with Crippen molar-refractivity contribution < 1.29 is 0 Å². The normalized spacial score (nSPS) is 19.3. The number of hydrogen-bond acceptors (Lipinski definition) is 1. The Balaban J connectivity index is 1.84. The summed E-state index contributed by atoms with van der Waals surface area (Å²) < 4.78 is 0. The summed E-state index contributed by atoms with van der Waals surface area (Å²) in [6.07, 6.45) is 13.1. The molecule has 0 bridgehead atoms. The molecule has 0 heterocycles. The molecule has 0 N–H and O–H groups in total. The summed E-state index contributed by atoms with van der Waals surface area (Å²) in [4.78, 5) is 0. The number of rotatable bonds is 6. The van der Waals surface area contributed by atoms with Gasteiger partial charge in [-0.2, -0.15) is 5.26 Å². The van der Waals surface area contributed by atoms with Crippen molar-refractivity contribution in [2.75, 3.05) is 0 Å². The third kappa shape index (κ3) is 3.91. The van der Waals surface area contributed by atoms with Gasteiger partial charge >= 0.3 is 0 Å². The second kappa shape index (κ2) is 7.99. The molecule has 0 saturated heterocycles. The Morgan fingerprint density at radius 1 is 1.00 bits per heavy atom. The molecule has 1 unspecified atom stereocenters. The first-order valence-corrected chi connectivity index (χ1v) is 9.23. The number of allylic oxidation sites excluding steroid dienone is 4. The van der Waals surface area contributed by atoms with Crippen LogP contribution >= 0.6 is 0 Å². The van der Waals surface area contributed by atoms with Crippen molar-refractivity contribution in [3.8, 4) is 6.07 Å². The summed E-state index contributed by atoms with van der Waals surface area (Å²) in [5.74, 6) is 0. The predicted octanol–water partition coefficient (Wildman–Crippen LogP) is 6.42. The minimum Gasteiger partial charge on any atom is -0.192 e. The first-order valence-electron chi connectivity index (χ1n) is 9.23. The molecule has 25 heavy (non-hydrogen) atoms. The van der Waals surface area contributed by atoms with Gasteiger partial charge in [-0.15, -0.1) is 0 Å². The van der Waals surface area contributed by atoms with E-state index in [1.54, 1.807) is 0 Å². The Bertz CT molecular complexity index is 790. The Morgan fingerprint density at radius 3 is 2.36 bits per heavy atom. The van der Waals surface area contributed by atoms with Crippen LogP contribution in [0.15, 0.2) is 72.8 Å². The van der Waals surface area contributed by atoms with Crippen LogP contribution in [0.25, 0.3) is 5.57 Å². The fraction of sp³-hybridized carbons (Fsp3) is 0.292. The van der Waals surface area contributed by atoms with Gasteiger partial charge < -0.3 is 0 Å². The van der Waals surface area contributed by atoms with Crippen LogP contribution in [0.1, 0.15) is 55.7 Å². The van der Waals surface area contributed by atoms with E-state index in [1.165, 1.54) is 42.4 Å². The fourth-order valence-corrected chi connectivity index (χ4v) is 3.63. The highest BCUT2D eigenvalue weighted by Gasteiger charge is 2.29. The third-order valence-electron chi connectivity index (χ3n) is 5.19. The zero-order valence-corrected chi connectivity index (χ0v) is 14.9. The van der Waals surface area contributed by atoms with E-state index < -0.39 is 0 Å². The molecule has 1 heteroatoms. The fourth-order valence-electron chi connectivity index (χ4n) is 3.63. The number of nitriles is 1. The van der Waals surface area contributed by atoms with Crippen LogP contribution in [0.3, 0.4) is 0 Å². The summed E-state index contributed by atoms with van der Waals surface area (Å²) in [7, 11) is 0. The van der Waals surface area contributed by atoms with Crippen molar-refractivity contribution in [2.24, 2.45) is 0 Å². The molecule has 0 amide bonds. The van der Waals surface area contributed by atoms with Crippen molar-refractivity contribution in [1.29, 1.82) is 5.26 Å². The van der Waals surface area contributed by atoms with Gasteiger partial charge in [0.05, 0.1) is 11.6 Å². The Labute approximate surface area is 151 Å². The SMILES string of the molecule is CCCCCC1(c2ccccc2)C=CC(c2ccc(C#N)cc2)=CC1. The second-order valence-corrected chi connectivity index (χ2v) is 6.87. The average Bonchev–Trinajstić information content (AvgIpc) is 2.69. The quantitative estimate of drug-likeness (QED) is 0.562. The van der Waals surface area contributed by atoms with E-state index in [4.69, 9.17) is 5.26 Å². The molecule has 0 aromatic heterocycles. The van der Waals surface area contributed by atoms with Gasteiger partial charge in [-0.05, 0) is 41.7 Å². The van der Waals surface area contributed by atoms with Crippen molar-refractivity contribution in [2.45, 2.75) is 44.4 Å². The Hall–Kier alpha value is -2.59. The summed E-state index contributed by atoms with van der Waals surface area (Å²) in [5.41, 5.74) is 4.68. The topological polar surface area (TPSA) is 23.8 Å². The van der Waals surface area contributed by atoms with Gasteiger partial charge in [0.15, 0.2) is 0 Å². The van der Waals surface area contributed by atoms with E-state index in [0.717, 1.165) is 6.42 Å². The van der Waals surface area contributed by atoms with Gasteiger partial charge in [0.1, 0.15) is 0 Å². The highest BCUT2D eigenvalue weighted by molar-refractivity contribution is 5.76. The van der Waals surface area contributed by atoms with Gasteiger partial charge in [0.2, 0.25) is 0 Å². The molecule has 1 aliphatic rings. The maximum absolute atomic E-state index is 8.96. The molecule has 2 aromatic carbocycles. The molecule has 2 aromatic rings. The standard InChI is InChI=1S/C24H25N/c1-2-3-7-16-24(23-8-5-4-6-9-23)17-14-22(15-18-24)21-12-10-20(19-25)11-13-21/h4-6,8-15,17H,2-3,7,16,18H2,1H3. The molecular formula is C24H25N. The lowest BCUT2D eigenvalue weighted by Crippen LogP contribution is -2.24. The molecular weight excluding hydrogens is 302 g/mol. The number of nitrogens with zero attached hydrogens (tertiary/aromatic N) is 1. The van der Waals surface area contributed by atoms with Crippen LogP contribution in [0, 0.1) is 11.3 Å². The maximum atomic E-state index is 8.96. The van der Waals surface area contributed by atoms with Gasteiger partial charge in [0, 0.05) is 5.41 Å². The summed E-state index contributed by atoms with van der Waals surface area (Å²) in [6.45, 7) is 2.26. The van der Waals surface area contributed by atoms with Crippen molar-refractivity contribution in [1.82, 2.24) is 0 Å². The van der Waals surface area contributed by atoms with Crippen molar-refractivity contribution in [3.63, 3.8) is 0 Å². The largest absolute Gasteiger partial charge is 0.192 e. The zero-order valence-electron chi connectivity index (χ0n) is 14.9. The minimum atomic E-state index is 0.118. The predicted molar refractivity (Wildman–Crippen MR) is 105 cm³/mol. The van der Waals surface area contributed by atoms with Crippen molar-refractivity contribution >= 4 is 5.57 Å². The maximum Gasteiger partial charge on any atom is 0.0991 e. The molecule has 0 fully saturated rings. The molecule has 3 rings (SSSR count). The summed E-state index contributed by atoms with van der Waals surface area (Å²) >= 11 is 0. The summed E-state index contributed by atoms with van der Waals surface area (Å²) in [5, 5.41) is 8.96. The van der Waals surface area contributed by atoms with Gasteiger partial charge in [-0.3, -0.25) is 0 Å². The average molecular weight is 327 g/mol. The first-order chi connectivity index (χ1) is 12.3. The molecule has 0 radical (unpaired) electrons. The zero-order chi connectivity index (χ0) is 17.5. The van der Waals surface area contributed by atoms with Gasteiger partial charge in [-0.1, -0.05) is 86.9 Å². The van der Waals surface area contributed by atoms with Crippen LogP contribution in [-0.4, -0.2) is 0 Å². The van der Waals surface area contributed by atoms with E-state index >= 15 is 0 Å². The van der Waals surface area contributed by atoms with Crippen LogP contribution < -0.4 is 0 Å². The van der Waals surface area contributed by atoms with E-state index in [2.05, 4.69) is 61.6 Å². The number of unbranched alkanes of at least 4 members (excludes halogenated alkanes) is 2. The third-order valence-corrected chi connectivity index (χ3v) is 5.19. The van der Waals surface area contributed by atoms with Crippen LogP contribution in [0.2, 0.25) is 0 Å². The van der Waals surface area contributed by atoms with Crippen LogP contribution in [0.4, 0.5) is 0 Å². The molecule has 0 aliphatic heterocycles. The molecule has 1 aliphatic carbocycles. The lowest BCUT2D eigenvalue weighted by molar-refractivity contribution is 0.462. The molecule has 1 atom stereocenters. The Morgan fingerprint density at radius 2 is 1.76 bits per heavy atom. The smallest absolute Gasteiger partial charge is 0.0991 e. The van der Waals surface area contributed by atoms with E-state index in [-0.39, 0.29) is 5.41 Å². The first kappa shape index (κ1) is 17.2. The molecule has 0 spiro atoms. The molecule has 0 saturated carbocycles. The summed E-state index contributed by atoms with van der Waals surface area (Å²) in [6, 6.07) is 21.0. The Kier molecular flexibility index (Phi) is 5.51. The molecule has 126 valence electrons. The minimum absolute atomic E-state index is 0.118. The van der Waals surface area contributed by atoms with E-state index in [9.17, 15) is 0 Å². The lowest BCUT2D eigenvalue weighted by atomic mass is 9.70. The monoisotopic (exact) mass is 327 g/mol. The lowest BCUT2D eigenvalue weighted by Gasteiger charge is -2.33. The second-order valence-electron chi connectivity index (χ2n) is 6.87. The van der Waals surface area contributed by atoms with E-state index in [0.29, 0.717) is 5.56 Å². The van der Waals surface area contributed by atoms with Crippen LogP contribution in [0.5, 0.6) is 0 Å². The molecule has 1 nitrogen and oxygen atoms in total. The van der Waals surface area contributed by atoms with Gasteiger partial charge in [-0.25, -0.2) is 0 Å². The van der Waals surface area contributed by atoms with Gasteiger partial charge in [0.25, 0.3) is 0 Å². The number of hydrogen-bond donors (Lipinski definition) is 0. The van der Waals surface area contributed by atoms with E-state index in [1.807, 2.05) is 24.3 Å². The highest BCUT2D eigenvalue weighted by Crippen LogP contribution is 2.40. The van der Waals surface area contributed by atoms with Crippen molar-refractivity contribution in [3.05, 3.63) is 89.5 Å². The highest BCUT2D eigenvalue weighted by atomic mass is 14.3.